The van der Waals surface area contributed by atoms with Crippen LogP contribution in [0.2, 0.25) is 0 Å². The fraction of sp³-hybridized carbons (Fsp3) is 0.227. The SMILES string of the molecule is C=CCn1c(SCC(=O)Nc2nc(CC(=O)OCC)cs2)nnc1-c1csc2ccccc12. The number of carbonyl (C=O) groups excluding carboxylic acids is 2. The molecule has 8 nitrogen and oxygen atoms in total. The Balaban J connectivity index is 1.42. The van der Waals surface area contributed by atoms with Crippen molar-refractivity contribution in [3.8, 4) is 11.4 Å². The van der Waals surface area contributed by atoms with Crippen molar-refractivity contribution in [3.63, 3.8) is 0 Å². The van der Waals surface area contributed by atoms with Gasteiger partial charge in [0.2, 0.25) is 5.91 Å². The monoisotopic (exact) mass is 499 g/mol. The second kappa shape index (κ2) is 10.7. The molecule has 0 saturated carbocycles. The molecule has 1 aromatic carbocycles. The van der Waals surface area contributed by atoms with E-state index in [1.807, 2.05) is 16.7 Å². The molecule has 4 rings (SSSR count). The second-order valence-electron chi connectivity index (χ2n) is 6.81. The van der Waals surface area contributed by atoms with E-state index in [1.165, 1.54) is 27.8 Å². The predicted octanol–water partition coefficient (Wildman–Crippen LogP) is 4.64. The number of anilines is 1. The highest BCUT2D eigenvalue weighted by atomic mass is 32.2. The average molecular weight is 500 g/mol. The molecule has 0 aliphatic rings. The summed E-state index contributed by atoms with van der Waals surface area (Å²) in [6, 6.07) is 8.16. The first-order valence-electron chi connectivity index (χ1n) is 10.1. The molecule has 0 saturated heterocycles. The van der Waals surface area contributed by atoms with Crippen molar-refractivity contribution in [1.29, 1.82) is 0 Å². The molecule has 0 radical (unpaired) electrons. The number of fused-ring (bicyclic) bond motifs is 1. The van der Waals surface area contributed by atoms with Gasteiger partial charge >= 0.3 is 5.97 Å². The van der Waals surface area contributed by atoms with Crippen molar-refractivity contribution in [2.24, 2.45) is 0 Å². The number of amides is 1. The molecular formula is C22H21N5O3S3. The van der Waals surface area contributed by atoms with Crippen LogP contribution in [0.4, 0.5) is 5.13 Å². The number of rotatable bonds is 10. The first-order chi connectivity index (χ1) is 16.1. The first kappa shape index (κ1) is 23.1. The van der Waals surface area contributed by atoms with E-state index in [0.717, 1.165) is 16.8 Å². The fourth-order valence-electron chi connectivity index (χ4n) is 3.13. The van der Waals surface area contributed by atoms with Crippen LogP contribution in [0.15, 0.2) is 52.8 Å². The number of nitrogens with one attached hydrogen (secondary N) is 1. The van der Waals surface area contributed by atoms with Gasteiger partial charge < -0.3 is 10.1 Å². The number of hydrogen-bond donors (Lipinski definition) is 1. The van der Waals surface area contributed by atoms with Gasteiger partial charge in [0.15, 0.2) is 16.1 Å². The number of allylic oxidation sites excluding steroid dienone is 1. The minimum absolute atomic E-state index is 0.0830. The van der Waals surface area contributed by atoms with Crippen LogP contribution in [-0.2, 0) is 27.3 Å². The van der Waals surface area contributed by atoms with Gasteiger partial charge in [-0.15, -0.1) is 39.4 Å². The highest BCUT2D eigenvalue weighted by Gasteiger charge is 2.18. The molecule has 3 heterocycles. The van der Waals surface area contributed by atoms with Crippen LogP contribution in [0.25, 0.3) is 21.5 Å². The number of thiophene rings is 1. The summed E-state index contributed by atoms with van der Waals surface area (Å²) in [7, 11) is 0. The minimum Gasteiger partial charge on any atom is -0.466 e. The predicted molar refractivity (Wildman–Crippen MR) is 133 cm³/mol. The van der Waals surface area contributed by atoms with Crippen molar-refractivity contribution < 1.29 is 14.3 Å². The zero-order chi connectivity index (χ0) is 23.2. The van der Waals surface area contributed by atoms with Gasteiger partial charge in [0.25, 0.3) is 0 Å². The number of thioether (sulfide) groups is 1. The maximum Gasteiger partial charge on any atom is 0.311 e. The lowest BCUT2D eigenvalue weighted by Crippen LogP contribution is -2.15. The third-order valence-electron chi connectivity index (χ3n) is 4.51. The summed E-state index contributed by atoms with van der Waals surface area (Å²) in [6.45, 7) is 6.45. The fourth-order valence-corrected chi connectivity index (χ4v) is 5.54. The molecule has 1 N–H and O–H groups in total. The van der Waals surface area contributed by atoms with Crippen LogP contribution in [0.3, 0.4) is 0 Å². The molecule has 3 aromatic heterocycles. The maximum atomic E-state index is 12.5. The van der Waals surface area contributed by atoms with Gasteiger partial charge in [-0.2, -0.15) is 0 Å². The van der Waals surface area contributed by atoms with Crippen molar-refractivity contribution in [3.05, 3.63) is 53.4 Å². The van der Waals surface area contributed by atoms with Crippen molar-refractivity contribution >= 4 is 61.5 Å². The Bertz CT molecular complexity index is 1290. The van der Waals surface area contributed by atoms with E-state index in [1.54, 1.807) is 29.7 Å². The molecule has 170 valence electrons. The van der Waals surface area contributed by atoms with E-state index in [0.29, 0.717) is 29.1 Å². The average Bonchev–Trinajstić information content (AvgIpc) is 3.51. The van der Waals surface area contributed by atoms with Crippen molar-refractivity contribution in [2.75, 3.05) is 17.7 Å². The summed E-state index contributed by atoms with van der Waals surface area (Å²) in [4.78, 5) is 28.3. The second-order valence-corrected chi connectivity index (χ2v) is 9.53. The zero-order valence-corrected chi connectivity index (χ0v) is 20.3. The number of aromatic nitrogens is 4. The first-order valence-corrected chi connectivity index (χ1v) is 12.9. The molecule has 1 amide bonds. The van der Waals surface area contributed by atoms with Crippen LogP contribution in [-0.4, -0.2) is 44.0 Å². The van der Waals surface area contributed by atoms with Crippen LogP contribution in [0.5, 0.6) is 0 Å². The molecule has 0 spiro atoms. The van der Waals surface area contributed by atoms with Crippen LogP contribution >= 0.6 is 34.4 Å². The number of nitrogens with zero attached hydrogens (tertiary/aromatic N) is 4. The van der Waals surface area contributed by atoms with E-state index in [2.05, 4.69) is 44.6 Å². The Labute approximate surface area is 202 Å². The standard InChI is InChI=1S/C22H21N5O3S3/c1-3-9-27-20(16-12-31-17-8-6-5-7-15(16)17)25-26-22(27)33-13-18(28)24-21-23-14(11-32-21)10-19(29)30-4-2/h3,5-8,11-12H,1,4,9-10,13H2,2H3,(H,23,24,28). The van der Waals surface area contributed by atoms with Crippen LogP contribution in [0, 0.1) is 0 Å². The normalized spacial score (nSPS) is 10.9. The lowest BCUT2D eigenvalue weighted by atomic mass is 10.1. The van der Waals surface area contributed by atoms with E-state index in [9.17, 15) is 9.59 Å². The van der Waals surface area contributed by atoms with Gasteiger partial charge in [-0.3, -0.25) is 14.2 Å². The number of carbonyl (C=O) groups is 2. The summed E-state index contributed by atoms with van der Waals surface area (Å²) in [5.41, 5.74) is 1.58. The van der Waals surface area contributed by atoms with Gasteiger partial charge in [-0.25, -0.2) is 4.98 Å². The summed E-state index contributed by atoms with van der Waals surface area (Å²) >= 11 is 4.23. The van der Waals surface area contributed by atoms with E-state index >= 15 is 0 Å². The van der Waals surface area contributed by atoms with Gasteiger partial charge in [-0.05, 0) is 13.0 Å². The van der Waals surface area contributed by atoms with E-state index in [4.69, 9.17) is 4.74 Å². The largest absolute Gasteiger partial charge is 0.466 e. The van der Waals surface area contributed by atoms with E-state index in [-0.39, 0.29) is 24.1 Å². The summed E-state index contributed by atoms with van der Waals surface area (Å²) in [5, 5.41) is 17.5. The third-order valence-corrected chi connectivity index (χ3v) is 7.25. The van der Waals surface area contributed by atoms with Gasteiger partial charge in [0, 0.05) is 33.0 Å². The summed E-state index contributed by atoms with van der Waals surface area (Å²) in [5.74, 6) is 0.338. The van der Waals surface area contributed by atoms with E-state index < -0.39 is 0 Å². The Morgan fingerprint density at radius 3 is 2.91 bits per heavy atom. The van der Waals surface area contributed by atoms with Crippen LogP contribution < -0.4 is 5.32 Å². The number of thiazole rings is 1. The molecule has 0 aliphatic heterocycles. The molecule has 0 aliphatic carbocycles. The molecule has 0 bridgehead atoms. The van der Waals surface area contributed by atoms with Gasteiger partial charge in [-0.1, -0.05) is 36.0 Å². The molecular weight excluding hydrogens is 478 g/mol. The van der Waals surface area contributed by atoms with Crippen molar-refractivity contribution in [1.82, 2.24) is 19.7 Å². The summed E-state index contributed by atoms with van der Waals surface area (Å²) in [6.07, 6.45) is 1.87. The third kappa shape index (κ3) is 5.49. The van der Waals surface area contributed by atoms with Crippen LogP contribution in [0.1, 0.15) is 12.6 Å². The highest BCUT2D eigenvalue weighted by molar-refractivity contribution is 7.99. The minimum atomic E-state index is -0.341. The Morgan fingerprint density at radius 2 is 2.09 bits per heavy atom. The quantitative estimate of drug-likeness (QED) is 0.193. The highest BCUT2D eigenvalue weighted by Crippen LogP contribution is 2.34. The zero-order valence-electron chi connectivity index (χ0n) is 17.8. The Hall–Kier alpha value is -3.02. The molecule has 4 aromatic rings. The smallest absolute Gasteiger partial charge is 0.311 e. The lowest BCUT2D eigenvalue weighted by molar-refractivity contribution is -0.142. The lowest BCUT2D eigenvalue weighted by Gasteiger charge is -2.07. The molecule has 0 fully saturated rings. The summed E-state index contributed by atoms with van der Waals surface area (Å²) < 4.78 is 8.06. The topological polar surface area (TPSA) is 99.0 Å². The molecule has 0 unspecified atom stereocenters. The maximum absolute atomic E-state index is 12.5. The number of benzene rings is 1. The number of hydrogen-bond acceptors (Lipinski definition) is 9. The van der Waals surface area contributed by atoms with Crippen molar-refractivity contribution in [2.45, 2.75) is 25.0 Å². The van der Waals surface area contributed by atoms with Gasteiger partial charge in [0.1, 0.15) is 0 Å². The number of ether oxygens (including phenoxy) is 1. The molecule has 33 heavy (non-hydrogen) atoms. The molecule has 11 heteroatoms. The number of esters is 1. The Kier molecular flexibility index (Phi) is 7.53. The Morgan fingerprint density at radius 1 is 1.24 bits per heavy atom. The molecule has 0 atom stereocenters. The van der Waals surface area contributed by atoms with Gasteiger partial charge in [0.05, 0.1) is 24.5 Å².